The first kappa shape index (κ1) is 20.4. The fraction of sp³-hybridized carbons (Fsp3) is 0.522. The van der Waals surface area contributed by atoms with Crippen LogP contribution in [0.5, 0.6) is 5.75 Å². The first-order valence-electron chi connectivity index (χ1n) is 10.7. The van der Waals surface area contributed by atoms with E-state index in [-0.39, 0.29) is 17.7 Å². The molecule has 2 amide bonds. The van der Waals surface area contributed by atoms with Crippen molar-refractivity contribution >= 4 is 11.8 Å². The van der Waals surface area contributed by atoms with E-state index >= 15 is 0 Å². The van der Waals surface area contributed by atoms with Crippen molar-refractivity contribution in [3.05, 3.63) is 47.3 Å². The summed E-state index contributed by atoms with van der Waals surface area (Å²) in [6.07, 6.45) is 3.04. The Morgan fingerprint density at radius 3 is 2.70 bits per heavy atom. The average molecular weight is 411 g/mol. The van der Waals surface area contributed by atoms with E-state index in [0.717, 1.165) is 37.1 Å². The van der Waals surface area contributed by atoms with Gasteiger partial charge in [-0.3, -0.25) is 14.3 Å². The van der Waals surface area contributed by atoms with Crippen molar-refractivity contribution in [3.8, 4) is 5.75 Å². The highest BCUT2D eigenvalue weighted by Crippen LogP contribution is 2.39. The molecule has 1 aromatic carbocycles. The van der Waals surface area contributed by atoms with Crippen LogP contribution in [0, 0.1) is 19.8 Å². The number of aryl methyl sites for hydroxylation is 2. The number of hydrogen-bond acceptors (Lipinski definition) is 4. The van der Waals surface area contributed by atoms with Crippen LogP contribution in [0.4, 0.5) is 0 Å². The molecule has 0 saturated heterocycles. The molecule has 1 aliphatic heterocycles. The molecule has 1 N–H and O–H groups in total. The number of benzene rings is 1. The lowest BCUT2D eigenvalue weighted by molar-refractivity contribution is -0.127. The van der Waals surface area contributed by atoms with E-state index in [1.54, 1.807) is 4.90 Å². The van der Waals surface area contributed by atoms with E-state index in [1.165, 1.54) is 0 Å². The number of amides is 2. The smallest absolute Gasteiger partial charge is 0.257 e. The maximum absolute atomic E-state index is 12.7. The van der Waals surface area contributed by atoms with Gasteiger partial charge in [-0.1, -0.05) is 12.1 Å². The first-order chi connectivity index (χ1) is 14.4. The second kappa shape index (κ2) is 8.13. The Balaban J connectivity index is 1.34. The van der Waals surface area contributed by atoms with Crippen LogP contribution in [0.1, 0.15) is 47.4 Å². The molecule has 1 spiro atoms. The highest BCUT2D eigenvalue weighted by molar-refractivity contribution is 5.97. The topological polar surface area (TPSA) is 76.5 Å². The second-order valence-corrected chi connectivity index (χ2v) is 8.66. The summed E-state index contributed by atoms with van der Waals surface area (Å²) in [6, 6.07) is 9.47. The zero-order valence-corrected chi connectivity index (χ0v) is 18.0. The molecule has 1 aliphatic carbocycles. The minimum Gasteiger partial charge on any atom is -0.485 e. The lowest BCUT2D eigenvalue weighted by Crippen LogP contribution is -2.49. The van der Waals surface area contributed by atoms with Gasteiger partial charge in [0.05, 0.1) is 24.3 Å². The van der Waals surface area contributed by atoms with Crippen LogP contribution in [0.2, 0.25) is 0 Å². The van der Waals surface area contributed by atoms with E-state index < -0.39 is 5.60 Å². The lowest BCUT2D eigenvalue weighted by Gasteiger charge is -2.40. The number of rotatable bonds is 4. The number of fused-ring (bicyclic) bond motifs is 1. The Morgan fingerprint density at radius 1 is 1.27 bits per heavy atom. The summed E-state index contributed by atoms with van der Waals surface area (Å²) in [6.45, 7) is 5.79. The number of aromatic nitrogens is 2. The van der Waals surface area contributed by atoms with Crippen molar-refractivity contribution in [2.24, 2.45) is 5.92 Å². The van der Waals surface area contributed by atoms with Crippen molar-refractivity contribution in [3.63, 3.8) is 0 Å². The summed E-state index contributed by atoms with van der Waals surface area (Å²) in [7, 11) is 1.83. The normalized spacial score (nSPS) is 23.6. The molecule has 160 valence electrons. The molecule has 1 aromatic heterocycles. The summed E-state index contributed by atoms with van der Waals surface area (Å²) in [5.41, 5.74) is 2.29. The summed E-state index contributed by atoms with van der Waals surface area (Å²) < 4.78 is 8.33. The van der Waals surface area contributed by atoms with Crippen molar-refractivity contribution in [1.29, 1.82) is 0 Å². The zero-order valence-electron chi connectivity index (χ0n) is 18.0. The average Bonchev–Trinajstić information content (AvgIpc) is 3.00. The number of likely N-dealkylation sites (N-methyl/N-ethyl adjacent to an activating group) is 1. The molecule has 0 atom stereocenters. The zero-order chi connectivity index (χ0) is 21.3. The van der Waals surface area contributed by atoms with Crippen LogP contribution in [0.15, 0.2) is 30.3 Å². The van der Waals surface area contributed by atoms with Crippen LogP contribution in [0.3, 0.4) is 0 Å². The quantitative estimate of drug-likeness (QED) is 0.841. The van der Waals surface area contributed by atoms with E-state index in [1.807, 2.05) is 55.9 Å². The third-order valence-electron chi connectivity index (χ3n) is 6.31. The molecule has 2 heterocycles. The number of hydrogen-bond donors (Lipinski definition) is 1. The summed E-state index contributed by atoms with van der Waals surface area (Å²) in [5.74, 6) is 0.732. The van der Waals surface area contributed by atoms with Gasteiger partial charge in [0.15, 0.2) is 0 Å². The predicted octanol–water partition coefficient (Wildman–Crippen LogP) is 2.71. The predicted molar refractivity (Wildman–Crippen MR) is 113 cm³/mol. The molecular weight excluding hydrogens is 380 g/mol. The molecule has 1 fully saturated rings. The summed E-state index contributed by atoms with van der Waals surface area (Å²) in [4.78, 5) is 27.1. The second-order valence-electron chi connectivity index (χ2n) is 8.66. The highest BCUT2D eigenvalue weighted by Gasteiger charge is 2.43. The fourth-order valence-corrected chi connectivity index (χ4v) is 4.70. The van der Waals surface area contributed by atoms with Gasteiger partial charge in [-0.15, -0.1) is 0 Å². The van der Waals surface area contributed by atoms with Gasteiger partial charge in [0.25, 0.3) is 5.91 Å². The standard InChI is InChI=1S/C23H30N4O3/c1-16-14-17(2)27(25-16)13-12-24-21(28)18-8-10-23(11-9-18)15-26(3)22(29)19-6-4-5-7-20(19)30-23/h4-7,14,18H,8-13,15H2,1-3H3,(H,24,28). The fourth-order valence-electron chi connectivity index (χ4n) is 4.70. The Kier molecular flexibility index (Phi) is 5.54. The highest BCUT2D eigenvalue weighted by atomic mass is 16.5. The Morgan fingerprint density at radius 2 is 2.00 bits per heavy atom. The van der Waals surface area contributed by atoms with E-state index in [4.69, 9.17) is 4.74 Å². The monoisotopic (exact) mass is 410 g/mol. The van der Waals surface area contributed by atoms with Gasteiger partial charge >= 0.3 is 0 Å². The van der Waals surface area contributed by atoms with Gasteiger partial charge in [0, 0.05) is 25.2 Å². The molecular formula is C23H30N4O3. The maximum atomic E-state index is 12.7. The third kappa shape index (κ3) is 4.06. The largest absolute Gasteiger partial charge is 0.485 e. The molecule has 4 rings (SSSR count). The number of nitrogens with zero attached hydrogens (tertiary/aromatic N) is 3. The minimum absolute atomic E-state index is 0.00788. The van der Waals surface area contributed by atoms with E-state index in [2.05, 4.69) is 10.4 Å². The van der Waals surface area contributed by atoms with Crippen LogP contribution in [-0.2, 0) is 11.3 Å². The van der Waals surface area contributed by atoms with Crippen LogP contribution >= 0.6 is 0 Å². The summed E-state index contributed by atoms with van der Waals surface area (Å²) >= 11 is 0. The van der Waals surface area contributed by atoms with E-state index in [0.29, 0.717) is 30.9 Å². The SMILES string of the molecule is Cc1cc(C)n(CCNC(=O)C2CCC3(CC2)CN(C)C(=O)c2ccccc2O3)n1. The molecule has 7 nitrogen and oxygen atoms in total. The minimum atomic E-state index is -0.419. The van der Waals surface area contributed by atoms with Gasteiger partial charge in [-0.25, -0.2) is 0 Å². The molecule has 2 aliphatic rings. The molecule has 0 radical (unpaired) electrons. The molecule has 1 saturated carbocycles. The van der Waals surface area contributed by atoms with Crippen molar-refractivity contribution < 1.29 is 14.3 Å². The molecule has 0 bridgehead atoms. The van der Waals surface area contributed by atoms with Gasteiger partial charge in [0.2, 0.25) is 5.91 Å². The molecule has 2 aromatic rings. The number of carbonyl (C=O) groups excluding carboxylic acids is 2. The van der Waals surface area contributed by atoms with Crippen LogP contribution in [-0.4, -0.2) is 52.2 Å². The van der Waals surface area contributed by atoms with Crippen molar-refractivity contribution in [1.82, 2.24) is 20.0 Å². The van der Waals surface area contributed by atoms with Crippen LogP contribution in [0.25, 0.3) is 0 Å². The van der Waals surface area contributed by atoms with Crippen LogP contribution < -0.4 is 10.1 Å². The van der Waals surface area contributed by atoms with E-state index in [9.17, 15) is 9.59 Å². The summed E-state index contributed by atoms with van der Waals surface area (Å²) in [5, 5.41) is 7.50. The van der Waals surface area contributed by atoms with Gasteiger partial charge < -0.3 is 15.0 Å². The number of nitrogens with one attached hydrogen (secondary N) is 1. The number of carbonyl (C=O) groups is 2. The first-order valence-corrected chi connectivity index (χ1v) is 10.7. The molecule has 7 heteroatoms. The van der Waals surface area contributed by atoms with Gasteiger partial charge in [0.1, 0.15) is 11.4 Å². The van der Waals surface area contributed by atoms with Crippen molar-refractivity contribution in [2.45, 2.75) is 51.7 Å². The molecule has 30 heavy (non-hydrogen) atoms. The van der Waals surface area contributed by atoms with Gasteiger partial charge in [-0.2, -0.15) is 5.10 Å². The third-order valence-corrected chi connectivity index (χ3v) is 6.31. The maximum Gasteiger partial charge on any atom is 0.257 e. The number of ether oxygens (including phenoxy) is 1. The Bertz CT molecular complexity index is 944. The molecule has 0 unspecified atom stereocenters. The Labute approximate surface area is 177 Å². The number of para-hydroxylation sites is 1. The van der Waals surface area contributed by atoms with Gasteiger partial charge in [-0.05, 0) is 57.7 Å². The van der Waals surface area contributed by atoms with Crippen molar-refractivity contribution in [2.75, 3.05) is 20.1 Å². The lowest BCUT2D eigenvalue weighted by atomic mass is 9.78. The Hall–Kier alpha value is -2.83.